The van der Waals surface area contributed by atoms with Crippen molar-refractivity contribution in [1.82, 2.24) is 0 Å². The highest BCUT2D eigenvalue weighted by atomic mass is 16.8. The molecule has 11 N–H and O–H groups in total. The van der Waals surface area contributed by atoms with Crippen LogP contribution in [0.1, 0.15) is 78.6 Å². The van der Waals surface area contributed by atoms with Crippen molar-refractivity contribution in [2.45, 2.75) is 195 Å². The molecule has 64 heavy (non-hydrogen) atoms. The van der Waals surface area contributed by atoms with Crippen molar-refractivity contribution in [3.8, 4) is 0 Å². The normalized spacial score (nSPS) is 57.5. The summed E-state index contributed by atoms with van der Waals surface area (Å²) in [5.74, 6) is -0.886. The third-order valence-electron chi connectivity index (χ3n) is 18.0. The van der Waals surface area contributed by atoms with E-state index in [4.69, 9.17) is 37.9 Å². The van der Waals surface area contributed by atoms with Crippen LogP contribution >= 0.6 is 0 Å². The second kappa shape index (κ2) is 18.1. The average Bonchev–Trinajstić information content (AvgIpc) is 3.75. The van der Waals surface area contributed by atoms with Gasteiger partial charge in [-0.2, -0.15) is 0 Å². The van der Waals surface area contributed by atoms with E-state index in [1.54, 1.807) is 0 Å². The Balaban J connectivity index is 1.01. The predicted molar refractivity (Wildman–Crippen MR) is 217 cm³/mol. The van der Waals surface area contributed by atoms with Gasteiger partial charge in [0.25, 0.3) is 0 Å². The molecule has 0 unspecified atom stereocenters. The molecule has 1 spiro atoms. The molecule has 0 aromatic rings. The first kappa shape index (κ1) is 48.0. The molecule has 0 aromatic carbocycles. The minimum atomic E-state index is -1.76. The lowest BCUT2D eigenvalue weighted by Crippen LogP contribution is -2.67. The Morgan fingerprint density at radius 2 is 1.48 bits per heavy atom. The molecule has 5 aliphatic heterocycles. The zero-order valence-electron chi connectivity index (χ0n) is 36.9. The lowest BCUT2D eigenvalue weighted by molar-refractivity contribution is -0.395. The number of aliphatic hydroxyl groups is 11. The molecular weight excluding hydrogens is 844 g/mol. The molecule has 366 valence electrons. The van der Waals surface area contributed by atoms with Gasteiger partial charge in [-0.15, -0.1) is 0 Å². The van der Waals surface area contributed by atoms with Crippen LogP contribution in [0, 0.1) is 46.3 Å². The van der Waals surface area contributed by atoms with Crippen molar-refractivity contribution < 1.29 is 94.1 Å². The fourth-order valence-corrected chi connectivity index (χ4v) is 14.7. The van der Waals surface area contributed by atoms with Crippen LogP contribution in [-0.4, -0.2) is 199 Å². The summed E-state index contributed by atoms with van der Waals surface area (Å²) in [5.41, 5.74) is -0.250. The summed E-state index contributed by atoms with van der Waals surface area (Å²) in [6, 6.07) is 0. The van der Waals surface area contributed by atoms with Gasteiger partial charge in [-0.25, -0.2) is 0 Å². The number of hydrogen-bond acceptors (Lipinski definition) is 19. The van der Waals surface area contributed by atoms with Crippen LogP contribution in [0.15, 0.2) is 12.2 Å². The van der Waals surface area contributed by atoms with Crippen LogP contribution < -0.4 is 0 Å². The van der Waals surface area contributed by atoms with Crippen molar-refractivity contribution in [3.05, 3.63) is 12.2 Å². The zero-order valence-corrected chi connectivity index (χ0v) is 36.9. The van der Waals surface area contributed by atoms with Gasteiger partial charge in [-0.05, 0) is 104 Å². The first-order chi connectivity index (χ1) is 30.4. The maximum Gasteiger partial charge on any atom is 0.201 e. The van der Waals surface area contributed by atoms with Gasteiger partial charge < -0.3 is 94.1 Å². The molecule has 27 atom stereocenters. The summed E-state index contributed by atoms with van der Waals surface area (Å²) >= 11 is 0. The fourth-order valence-electron chi connectivity index (χ4n) is 14.7. The second-order valence-corrected chi connectivity index (χ2v) is 21.1. The summed E-state index contributed by atoms with van der Waals surface area (Å²) in [5, 5.41) is 119. The van der Waals surface area contributed by atoms with Gasteiger partial charge in [-0.3, -0.25) is 0 Å². The van der Waals surface area contributed by atoms with Crippen LogP contribution in [0.25, 0.3) is 0 Å². The molecule has 0 amide bonds. The van der Waals surface area contributed by atoms with Crippen LogP contribution in [0.4, 0.5) is 0 Å². The van der Waals surface area contributed by atoms with E-state index >= 15 is 0 Å². The van der Waals surface area contributed by atoms with Crippen LogP contribution in [0.2, 0.25) is 0 Å². The quantitative estimate of drug-likeness (QED) is 0.113. The Morgan fingerprint density at radius 3 is 2.22 bits per heavy atom. The van der Waals surface area contributed by atoms with E-state index in [1.807, 2.05) is 0 Å². The van der Waals surface area contributed by atoms with E-state index in [0.29, 0.717) is 18.4 Å². The molecule has 9 fully saturated rings. The zero-order chi connectivity index (χ0) is 45.8. The van der Waals surface area contributed by atoms with Gasteiger partial charge in [-0.1, -0.05) is 26.8 Å². The number of rotatable bonds is 9. The molecule has 0 aromatic heterocycles. The molecule has 4 aliphatic carbocycles. The number of fused-ring (bicyclic) bond motifs is 7. The van der Waals surface area contributed by atoms with E-state index in [-0.39, 0.29) is 60.2 Å². The molecular formula is C45H72O19. The standard InChI is InChI=1S/C45H72O19/c1-18-16-58-45(39(56)30(18)49)23(11-13-46)29-26(64-45)14-24-21-9-8-20-6-5-7-28(44(20,4)22(21)10-12-43(24,29)3)61-42-38(63-41-36(55)34(53)31(50)19(2)59-41)37(33(52)27(15-47)60-42)62-40-35(54)32(51)25(48)17-57-40/h19-42,46-56H,1,5-17H2,2-4H3/t19-,20-,21+,22-,23-,24-,25+,26-,27+,28+,29-,30+,31-,32-,33+,34+,35+,36+,37-,38+,39+,40-,41-,42-,43-,44-,45+/m0/s1. The minimum Gasteiger partial charge on any atom is -0.396 e. The minimum absolute atomic E-state index is 0.0363. The topological polar surface area (TPSA) is 296 Å². The summed E-state index contributed by atoms with van der Waals surface area (Å²) in [6.45, 7) is 8.82. The number of hydrogen-bond donors (Lipinski definition) is 11. The van der Waals surface area contributed by atoms with E-state index < -0.39 is 129 Å². The van der Waals surface area contributed by atoms with Gasteiger partial charge >= 0.3 is 0 Å². The van der Waals surface area contributed by atoms with Crippen molar-refractivity contribution in [2.24, 2.45) is 46.3 Å². The highest BCUT2D eigenvalue weighted by Crippen LogP contribution is 2.72. The smallest absolute Gasteiger partial charge is 0.201 e. The van der Waals surface area contributed by atoms with E-state index in [1.165, 1.54) is 6.92 Å². The molecule has 9 aliphatic rings. The highest BCUT2D eigenvalue weighted by Gasteiger charge is 2.73. The molecule has 4 saturated carbocycles. The maximum atomic E-state index is 11.7. The largest absolute Gasteiger partial charge is 0.396 e. The Hall–Kier alpha value is -1.02. The Bertz CT molecular complexity index is 1660. The van der Waals surface area contributed by atoms with Gasteiger partial charge in [0, 0.05) is 12.5 Å². The van der Waals surface area contributed by atoms with Crippen LogP contribution in [0.5, 0.6) is 0 Å². The third kappa shape index (κ3) is 7.50. The van der Waals surface area contributed by atoms with Crippen molar-refractivity contribution in [1.29, 1.82) is 0 Å². The lowest BCUT2D eigenvalue weighted by Gasteiger charge is -2.63. The Kier molecular flexibility index (Phi) is 13.5. The monoisotopic (exact) mass is 916 g/mol. The summed E-state index contributed by atoms with van der Waals surface area (Å²) in [4.78, 5) is 0. The van der Waals surface area contributed by atoms with Gasteiger partial charge in [0.1, 0.15) is 73.2 Å². The molecule has 0 bridgehead atoms. The highest BCUT2D eigenvalue weighted by molar-refractivity contribution is 5.21. The van der Waals surface area contributed by atoms with E-state index in [0.717, 1.165) is 44.9 Å². The molecule has 0 radical (unpaired) electrons. The summed E-state index contributed by atoms with van der Waals surface area (Å²) in [6.07, 6.45) is -17.3. The lowest BCUT2D eigenvalue weighted by atomic mass is 9.43. The van der Waals surface area contributed by atoms with Gasteiger partial charge in [0.05, 0.1) is 38.1 Å². The Labute approximate surface area is 373 Å². The van der Waals surface area contributed by atoms with E-state index in [9.17, 15) is 56.2 Å². The molecule has 9 rings (SSSR count). The first-order valence-electron chi connectivity index (χ1n) is 23.6. The molecule has 19 heteroatoms. The first-order valence-corrected chi connectivity index (χ1v) is 23.6. The SMILES string of the molecule is C=C1CO[C@]2(O[C@H]3C[C@H]4[C@@H]5CC[C@@H]6CCC[C@@H](O[C@@H]7O[C@H](CO)[C@@H](O)[C@H](O[C@@H]8OC[C@@H](O)[C@H](O)[C@H]8O)[C@H]7O[C@@H]7O[C@@H](C)[C@H](O)[C@@H](O)[C@H]7O)[C@]6(C)[C@H]5CC[C@]4(C)[C@H]3[C@@H]2CCO)[C@H](O)[C@@H]1O. The predicted octanol–water partition coefficient (Wildman–Crippen LogP) is -1.84. The van der Waals surface area contributed by atoms with Crippen LogP contribution in [0.3, 0.4) is 0 Å². The molecule has 5 saturated heterocycles. The Morgan fingerprint density at radius 1 is 0.750 bits per heavy atom. The average molecular weight is 917 g/mol. The van der Waals surface area contributed by atoms with Crippen molar-refractivity contribution >= 4 is 0 Å². The fraction of sp³-hybridized carbons (Fsp3) is 0.956. The van der Waals surface area contributed by atoms with Gasteiger partial charge in [0.2, 0.25) is 5.79 Å². The van der Waals surface area contributed by atoms with Crippen LogP contribution in [-0.2, 0) is 37.9 Å². The summed E-state index contributed by atoms with van der Waals surface area (Å²) in [7, 11) is 0. The molecule has 19 nitrogen and oxygen atoms in total. The molecule has 5 heterocycles. The second-order valence-electron chi connectivity index (χ2n) is 21.1. The number of aliphatic hydroxyl groups excluding tert-OH is 11. The third-order valence-corrected chi connectivity index (χ3v) is 18.0. The number of ether oxygens (including phenoxy) is 8. The van der Waals surface area contributed by atoms with Crippen molar-refractivity contribution in [2.75, 3.05) is 26.4 Å². The van der Waals surface area contributed by atoms with E-state index in [2.05, 4.69) is 20.4 Å². The summed E-state index contributed by atoms with van der Waals surface area (Å²) < 4.78 is 50.5. The van der Waals surface area contributed by atoms with Gasteiger partial charge in [0.15, 0.2) is 18.9 Å². The van der Waals surface area contributed by atoms with Crippen molar-refractivity contribution in [3.63, 3.8) is 0 Å². The maximum absolute atomic E-state index is 11.7.